The molecular formula is C15H16ClNO4S. The molecule has 2 aromatic rings. The lowest BCUT2D eigenvalue weighted by Gasteiger charge is -2.42. The summed E-state index contributed by atoms with van der Waals surface area (Å²) in [5.41, 5.74) is 0.269. The molecule has 118 valence electrons. The van der Waals surface area contributed by atoms with Crippen molar-refractivity contribution in [1.29, 1.82) is 0 Å². The van der Waals surface area contributed by atoms with Crippen molar-refractivity contribution < 1.29 is 19.4 Å². The Labute approximate surface area is 136 Å². The summed E-state index contributed by atoms with van der Waals surface area (Å²) in [4.78, 5) is 16.5. The van der Waals surface area contributed by atoms with E-state index in [1.807, 2.05) is 6.07 Å². The molecule has 1 fully saturated rings. The monoisotopic (exact) mass is 341 g/mol. The maximum Gasteiger partial charge on any atom is 0.314 e. The molecule has 1 aromatic carbocycles. The van der Waals surface area contributed by atoms with E-state index in [-0.39, 0.29) is 5.97 Å². The summed E-state index contributed by atoms with van der Waals surface area (Å²) < 4.78 is 11.4. The zero-order valence-corrected chi connectivity index (χ0v) is 13.8. The van der Waals surface area contributed by atoms with Gasteiger partial charge >= 0.3 is 5.97 Å². The molecular weight excluding hydrogens is 326 g/mol. The lowest BCUT2D eigenvalue weighted by atomic mass is 9.63. The van der Waals surface area contributed by atoms with Crippen molar-refractivity contribution in [2.24, 2.45) is 5.41 Å². The van der Waals surface area contributed by atoms with Crippen molar-refractivity contribution in [3.05, 3.63) is 22.2 Å². The van der Waals surface area contributed by atoms with Gasteiger partial charge in [-0.1, -0.05) is 18.0 Å². The maximum atomic E-state index is 12.2. The average molecular weight is 342 g/mol. The van der Waals surface area contributed by atoms with E-state index in [9.17, 15) is 9.90 Å². The molecule has 0 saturated heterocycles. The van der Waals surface area contributed by atoms with E-state index < -0.39 is 11.5 Å². The van der Waals surface area contributed by atoms with Gasteiger partial charge in [-0.25, -0.2) is 4.98 Å². The van der Waals surface area contributed by atoms with E-state index >= 15 is 0 Å². The number of ether oxygens (including phenoxy) is 2. The first kappa shape index (κ1) is 15.5. The number of halogens is 1. The number of benzene rings is 1. The van der Waals surface area contributed by atoms with E-state index in [0.717, 1.165) is 11.1 Å². The Hall–Kier alpha value is -1.37. The van der Waals surface area contributed by atoms with Crippen molar-refractivity contribution in [2.75, 3.05) is 14.2 Å². The van der Waals surface area contributed by atoms with Crippen LogP contribution in [-0.2, 0) is 9.53 Å². The molecule has 1 aliphatic carbocycles. The molecule has 3 rings (SSSR count). The molecule has 1 aromatic heterocycles. The number of rotatable bonds is 4. The fourth-order valence-corrected chi connectivity index (χ4v) is 4.06. The van der Waals surface area contributed by atoms with E-state index in [2.05, 4.69) is 4.98 Å². The van der Waals surface area contributed by atoms with Gasteiger partial charge in [0.15, 0.2) is 4.47 Å². The van der Waals surface area contributed by atoms with Crippen LogP contribution in [0.25, 0.3) is 10.2 Å². The van der Waals surface area contributed by atoms with Crippen molar-refractivity contribution in [3.63, 3.8) is 0 Å². The molecule has 22 heavy (non-hydrogen) atoms. The largest absolute Gasteiger partial charge is 0.497 e. The van der Waals surface area contributed by atoms with Gasteiger partial charge in [0.05, 0.1) is 36.0 Å². The van der Waals surface area contributed by atoms with Gasteiger partial charge in [-0.2, -0.15) is 0 Å². The smallest absolute Gasteiger partial charge is 0.314 e. The number of methoxy groups -OCH3 is 2. The van der Waals surface area contributed by atoms with Gasteiger partial charge in [0.2, 0.25) is 0 Å². The van der Waals surface area contributed by atoms with Gasteiger partial charge in [-0.15, -0.1) is 11.3 Å². The van der Waals surface area contributed by atoms with Gasteiger partial charge < -0.3 is 14.6 Å². The number of esters is 1. The predicted molar refractivity (Wildman–Crippen MR) is 84.4 cm³/mol. The second kappa shape index (κ2) is 5.68. The second-order valence-corrected chi connectivity index (χ2v) is 7.05. The molecule has 5 nitrogen and oxygen atoms in total. The fourth-order valence-electron chi connectivity index (χ4n) is 2.98. The van der Waals surface area contributed by atoms with Crippen LogP contribution in [0, 0.1) is 5.41 Å². The molecule has 7 heteroatoms. The second-order valence-electron chi connectivity index (χ2n) is 5.43. The van der Waals surface area contributed by atoms with Crippen LogP contribution in [0.3, 0.4) is 0 Å². The van der Waals surface area contributed by atoms with Crippen LogP contribution in [0.15, 0.2) is 12.1 Å². The van der Waals surface area contributed by atoms with E-state index in [1.54, 1.807) is 13.2 Å². The number of carbonyl (C=O) groups is 1. The maximum absolute atomic E-state index is 12.2. The summed E-state index contributed by atoms with van der Waals surface area (Å²) in [6.45, 7) is 0. The van der Waals surface area contributed by atoms with Gasteiger partial charge in [-0.05, 0) is 25.0 Å². The summed E-state index contributed by atoms with van der Waals surface area (Å²) in [5.74, 6) is 0.213. The van der Waals surface area contributed by atoms with E-state index in [0.29, 0.717) is 34.1 Å². The van der Waals surface area contributed by atoms with Crippen LogP contribution >= 0.6 is 22.9 Å². The first-order valence-corrected chi connectivity index (χ1v) is 8.12. The van der Waals surface area contributed by atoms with Crippen LogP contribution in [0.1, 0.15) is 30.9 Å². The Morgan fingerprint density at radius 3 is 2.73 bits per heavy atom. The zero-order chi connectivity index (χ0) is 15.9. The van der Waals surface area contributed by atoms with Crippen LogP contribution in [0.4, 0.5) is 0 Å². The molecule has 1 unspecified atom stereocenters. The Kier molecular flexibility index (Phi) is 4.01. The van der Waals surface area contributed by atoms with E-state index in [4.69, 9.17) is 21.1 Å². The van der Waals surface area contributed by atoms with Crippen molar-refractivity contribution in [2.45, 2.75) is 25.4 Å². The lowest BCUT2D eigenvalue weighted by molar-refractivity contribution is -0.170. The molecule has 0 aliphatic heterocycles. The highest BCUT2D eigenvalue weighted by Crippen LogP contribution is 2.52. The minimum atomic E-state index is -0.996. The first-order valence-electron chi connectivity index (χ1n) is 6.92. The van der Waals surface area contributed by atoms with Crippen LogP contribution in [0.2, 0.25) is 4.47 Å². The molecule has 1 atom stereocenters. The van der Waals surface area contributed by atoms with Gasteiger partial charge in [-0.3, -0.25) is 4.79 Å². The number of thiazole rings is 1. The topological polar surface area (TPSA) is 68.7 Å². The summed E-state index contributed by atoms with van der Waals surface area (Å²) >= 11 is 7.31. The summed E-state index contributed by atoms with van der Waals surface area (Å²) in [6, 6.07) is 3.53. The van der Waals surface area contributed by atoms with Gasteiger partial charge in [0.1, 0.15) is 5.75 Å². The number of aromatic nitrogens is 1. The van der Waals surface area contributed by atoms with Crippen LogP contribution in [0.5, 0.6) is 5.75 Å². The summed E-state index contributed by atoms with van der Waals surface area (Å²) in [5, 5.41) is 10.9. The Morgan fingerprint density at radius 1 is 1.45 bits per heavy atom. The third-order valence-electron chi connectivity index (χ3n) is 4.36. The number of aliphatic hydroxyl groups excluding tert-OH is 1. The third kappa shape index (κ3) is 2.26. The van der Waals surface area contributed by atoms with Crippen molar-refractivity contribution >= 4 is 39.1 Å². The van der Waals surface area contributed by atoms with E-state index in [1.165, 1.54) is 18.4 Å². The van der Waals surface area contributed by atoms with Gasteiger partial charge in [0.25, 0.3) is 0 Å². The SMILES string of the molecule is COC(=O)C1(C(O)c2cc(OC)cc3sc(Cl)nc23)CCC1. The lowest BCUT2D eigenvalue weighted by Crippen LogP contribution is -2.44. The molecule has 1 saturated carbocycles. The highest BCUT2D eigenvalue weighted by Gasteiger charge is 2.52. The molecule has 0 spiro atoms. The van der Waals surface area contributed by atoms with Crippen molar-refractivity contribution in [1.82, 2.24) is 4.98 Å². The standard InChI is InChI=1S/C15H16ClNO4S/c1-20-8-6-9(11-10(7-8)22-14(16)17-11)12(18)15(4-3-5-15)13(19)21-2/h6-7,12,18H,3-5H2,1-2H3. The molecule has 0 amide bonds. The third-order valence-corrected chi connectivity index (χ3v) is 5.47. The minimum Gasteiger partial charge on any atom is -0.497 e. The van der Waals surface area contributed by atoms with Crippen LogP contribution in [-0.4, -0.2) is 30.3 Å². The average Bonchev–Trinajstić information content (AvgIpc) is 2.84. The Bertz CT molecular complexity index is 726. The number of fused-ring (bicyclic) bond motifs is 1. The predicted octanol–water partition coefficient (Wildman–Crippen LogP) is 3.34. The number of carbonyl (C=O) groups excluding carboxylic acids is 1. The normalized spacial score (nSPS) is 17.8. The first-order chi connectivity index (χ1) is 10.5. The number of nitrogens with zero attached hydrogens (tertiary/aromatic N) is 1. The number of hydrogen-bond acceptors (Lipinski definition) is 6. The number of aliphatic hydroxyl groups is 1. The molecule has 0 bridgehead atoms. The summed E-state index contributed by atoms with van der Waals surface area (Å²) in [6.07, 6.45) is 1.08. The van der Waals surface area contributed by atoms with Gasteiger partial charge in [0, 0.05) is 5.56 Å². The molecule has 1 aliphatic rings. The minimum absolute atomic E-state index is 0.386. The molecule has 1 heterocycles. The summed E-state index contributed by atoms with van der Waals surface area (Å²) in [7, 11) is 2.90. The fraction of sp³-hybridized carbons (Fsp3) is 0.467. The highest BCUT2D eigenvalue weighted by atomic mass is 35.5. The Morgan fingerprint density at radius 2 is 2.18 bits per heavy atom. The molecule has 1 N–H and O–H groups in total. The van der Waals surface area contributed by atoms with Crippen molar-refractivity contribution in [3.8, 4) is 5.75 Å². The zero-order valence-electron chi connectivity index (χ0n) is 12.3. The molecule has 0 radical (unpaired) electrons. The highest BCUT2D eigenvalue weighted by molar-refractivity contribution is 7.22. The number of hydrogen-bond donors (Lipinski definition) is 1. The Balaban J connectivity index is 2.13. The quantitative estimate of drug-likeness (QED) is 0.864. The van der Waals surface area contributed by atoms with Crippen LogP contribution < -0.4 is 4.74 Å².